The summed E-state index contributed by atoms with van der Waals surface area (Å²) >= 11 is 3.29. The molecule has 18 heavy (non-hydrogen) atoms. The minimum Gasteiger partial charge on any atom is -0.506 e. The molecular formula is C11H10BrN3O3. The Kier molecular flexibility index (Phi) is 2.37. The van der Waals surface area contributed by atoms with E-state index in [1.165, 1.54) is 4.68 Å². The Labute approximate surface area is 111 Å². The van der Waals surface area contributed by atoms with Crippen LogP contribution in [0.15, 0.2) is 16.7 Å². The summed E-state index contributed by atoms with van der Waals surface area (Å²) in [5.41, 5.74) is 7.10. The van der Waals surface area contributed by atoms with Gasteiger partial charge in [-0.05, 0) is 22.0 Å². The molecule has 1 aromatic heterocycles. The molecule has 1 aliphatic heterocycles. The Morgan fingerprint density at radius 2 is 2.22 bits per heavy atom. The van der Waals surface area contributed by atoms with E-state index in [9.17, 15) is 5.11 Å². The SMILES string of the molecule is Cn1ncc(-c2cc3c(c(Br)c2O)OCO3)c1N. The Hall–Kier alpha value is -1.89. The molecule has 3 N–H and O–H groups in total. The molecule has 0 aliphatic carbocycles. The maximum absolute atomic E-state index is 10.2. The molecule has 0 amide bonds. The van der Waals surface area contributed by atoms with Crippen LogP contribution in [0.4, 0.5) is 5.82 Å². The first kappa shape index (κ1) is 11.2. The first-order chi connectivity index (χ1) is 8.59. The van der Waals surface area contributed by atoms with Gasteiger partial charge in [-0.3, -0.25) is 4.68 Å². The largest absolute Gasteiger partial charge is 0.506 e. The van der Waals surface area contributed by atoms with E-state index >= 15 is 0 Å². The number of halogens is 1. The number of ether oxygens (including phenoxy) is 2. The molecule has 0 fully saturated rings. The van der Waals surface area contributed by atoms with Gasteiger partial charge in [-0.25, -0.2) is 0 Å². The number of aromatic hydroxyl groups is 1. The van der Waals surface area contributed by atoms with Gasteiger partial charge in [-0.1, -0.05) is 0 Å². The first-order valence-electron chi connectivity index (χ1n) is 5.18. The summed E-state index contributed by atoms with van der Waals surface area (Å²) < 4.78 is 12.6. The molecule has 0 atom stereocenters. The third kappa shape index (κ3) is 1.43. The van der Waals surface area contributed by atoms with Gasteiger partial charge in [0.15, 0.2) is 11.5 Å². The highest BCUT2D eigenvalue weighted by atomic mass is 79.9. The summed E-state index contributed by atoms with van der Waals surface area (Å²) in [7, 11) is 1.73. The number of phenolic OH excluding ortho intramolecular Hbond substituents is 1. The molecule has 0 spiro atoms. The van der Waals surface area contributed by atoms with Crippen molar-refractivity contribution in [1.29, 1.82) is 0 Å². The number of nitrogens with two attached hydrogens (primary N) is 1. The summed E-state index contributed by atoms with van der Waals surface area (Å²) in [4.78, 5) is 0. The third-order valence-corrected chi connectivity index (χ3v) is 3.59. The van der Waals surface area contributed by atoms with Crippen LogP contribution < -0.4 is 15.2 Å². The predicted molar refractivity (Wildman–Crippen MR) is 68.5 cm³/mol. The number of anilines is 1. The summed E-state index contributed by atoms with van der Waals surface area (Å²) in [5.74, 6) is 1.59. The van der Waals surface area contributed by atoms with Crippen molar-refractivity contribution in [2.24, 2.45) is 7.05 Å². The lowest BCUT2D eigenvalue weighted by molar-refractivity contribution is 0.173. The van der Waals surface area contributed by atoms with E-state index in [1.54, 1.807) is 19.3 Å². The number of benzene rings is 1. The fourth-order valence-electron chi connectivity index (χ4n) is 1.85. The normalized spacial score (nSPS) is 13.0. The average Bonchev–Trinajstić information content (AvgIpc) is 2.93. The number of phenols is 1. The quantitative estimate of drug-likeness (QED) is 0.840. The maximum Gasteiger partial charge on any atom is 0.231 e. The predicted octanol–water partition coefficient (Wildman–Crippen LogP) is 1.87. The van der Waals surface area contributed by atoms with Crippen LogP contribution in [-0.4, -0.2) is 21.7 Å². The topological polar surface area (TPSA) is 82.5 Å². The highest BCUT2D eigenvalue weighted by Gasteiger charge is 2.24. The zero-order valence-corrected chi connectivity index (χ0v) is 11.1. The highest BCUT2D eigenvalue weighted by molar-refractivity contribution is 9.10. The monoisotopic (exact) mass is 311 g/mol. The van der Waals surface area contributed by atoms with Crippen molar-refractivity contribution < 1.29 is 14.6 Å². The van der Waals surface area contributed by atoms with Crippen molar-refractivity contribution in [3.8, 4) is 28.4 Å². The number of nitrogen functional groups attached to an aromatic ring is 1. The van der Waals surface area contributed by atoms with Gasteiger partial charge in [0.05, 0.1) is 6.20 Å². The van der Waals surface area contributed by atoms with Crippen LogP contribution in [0.25, 0.3) is 11.1 Å². The molecule has 0 radical (unpaired) electrons. The smallest absolute Gasteiger partial charge is 0.231 e. The van der Waals surface area contributed by atoms with Crippen LogP contribution in [0.1, 0.15) is 0 Å². The summed E-state index contributed by atoms with van der Waals surface area (Å²) in [6, 6.07) is 1.69. The molecular weight excluding hydrogens is 302 g/mol. The fourth-order valence-corrected chi connectivity index (χ4v) is 2.38. The number of hydrogen-bond acceptors (Lipinski definition) is 5. The van der Waals surface area contributed by atoms with Gasteiger partial charge in [0.25, 0.3) is 0 Å². The van der Waals surface area contributed by atoms with E-state index in [0.29, 0.717) is 32.9 Å². The van der Waals surface area contributed by atoms with Crippen LogP contribution in [0.2, 0.25) is 0 Å². The van der Waals surface area contributed by atoms with Gasteiger partial charge in [-0.2, -0.15) is 5.10 Å². The van der Waals surface area contributed by atoms with Crippen LogP contribution >= 0.6 is 15.9 Å². The Morgan fingerprint density at radius 3 is 2.89 bits per heavy atom. The van der Waals surface area contributed by atoms with Crippen LogP contribution in [0.3, 0.4) is 0 Å². The second-order valence-electron chi connectivity index (χ2n) is 3.89. The zero-order chi connectivity index (χ0) is 12.9. The van der Waals surface area contributed by atoms with Gasteiger partial charge in [0.2, 0.25) is 6.79 Å². The van der Waals surface area contributed by atoms with Gasteiger partial charge in [0.1, 0.15) is 16.0 Å². The minimum absolute atomic E-state index is 0.0546. The molecule has 0 saturated carbocycles. The molecule has 6 nitrogen and oxygen atoms in total. The van der Waals surface area contributed by atoms with Gasteiger partial charge in [-0.15, -0.1) is 0 Å². The van der Waals surface area contributed by atoms with E-state index in [2.05, 4.69) is 21.0 Å². The van der Waals surface area contributed by atoms with E-state index in [0.717, 1.165) is 0 Å². The van der Waals surface area contributed by atoms with Crippen molar-refractivity contribution in [3.05, 3.63) is 16.7 Å². The number of nitrogens with zero attached hydrogens (tertiary/aromatic N) is 2. The molecule has 1 aromatic carbocycles. The van der Waals surface area contributed by atoms with E-state index in [-0.39, 0.29) is 12.5 Å². The average molecular weight is 312 g/mol. The van der Waals surface area contributed by atoms with E-state index in [1.807, 2.05) is 0 Å². The molecule has 3 rings (SSSR count). The van der Waals surface area contributed by atoms with Crippen LogP contribution in [0.5, 0.6) is 17.2 Å². The molecule has 2 heterocycles. The molecule has 0 unspecified atom stereocenters. The number of hydrogen-bond donors (Lipinski definition) is 2. The second kappa shape index (κ2) is 3.81. The number of fused-ring (bicyclic) bond motifs is 1. The van der Waals surface area contributed by atoms with Crippen molar-refractivity contribution >= 4 is 21.7 Å². The van der Waals surface area contributed by atoms with Crippen molar-refractivity contribution in [2.45, 2.75) is 0 Å². The number of rotatable bonds is 1. The molecule has 2 aromatic rings. The molecule has 7 heteroatoms. The highest BCUT2D eigenvalue weighted by Crippen LogP contribution is 2.49. The summed E-state index contributed by atoms with van der Waals surface area (Å²) in [5, 5.41) is 14.2. The van der Waals surface area contributed by atoms with Crippen molar-refractivity contribution in [1.82, 2.24) is 9.78 Å². The van der Waals surface area contributed by atoms with Crippen molar-refractivity contribution in [2.75, 3.05) is 12.5 Å². The minimum atomic E-state index is 0.0546. The maximum atomic E-state index is 10.2. The third-order valence-electron chi connectivity index (χ3n) is 2.85. The molecule has 0 saturated heterocycles. The fraction of sp³-hybridized carbons (Fsp3) is 0.182. The van der Waals surface area contributed by atoms with Crippen molar-refractivity contribution in [3.63, 3.8) is 0 Å². The Bertz CT molecular complexity index is 639. The lowest BCUT2D eigenvalue weighted by Crippen LogP contribution is -1.98. The van der Waals surface area contributed by atoms with E-state index < -0.39 is 0 Å². The Balaban J connectivity index is 2.25. The number of aromatic nitrogens is 2. The first-order valence-corrected chi connectivity index (χ1v) is 5.97. The second-order valence-corrected chi connectivity index (χ2v) is 4.68. The van der Waals surface area contributed by atoms with Gasteiger partial charge < -0.3 is 20.3 Å². The molecule has 1 aliphatic rings. The molecule has 0 bridgehead atoms. The lowest BCUT2D eigenvalue weighted by atomic mass is 10.1. The summed E-state index contributed by atoms with van der Waals surface area (Å²) in [6.45, 7) is 0.138. The lowest BCUT2D eigenvalue weighted by Gasteiger charge is -2.08. The van der Waals surface area contributed by atoms with Gasteiger partial charge >= 0.3 is 0 Å². The van der Waals surface area contributed by atoms with Crippen LogP contribution in [0, 0.1) is 0 Å². The van der Waals surface area contributed by atoms with Gasteiger partial charge in [0, 0.05) is 18.2 Å². The summed E-state index contributed by atoms with van der Waals surface area (Å²) in [6.07, 6.45) is 1.60. The van der Waals surface area contributed by atoms with E-state index in [4.69, 9.17) is 15.2 Å². The molecule has 94 valence electrons. The standard InChI is InChI=1S/C11H10BrN3O3/c1-15-11(13)6(3-14-15)5-2-7-10(18-4-17-7)8(12)9(5)16/h2-3,16H,4,13H2,1H3. The van der Waals surface area contributed by atoms with Crippen LogP contribution in [-0.2, 0) is 7.05 Å². The number of aryl methyl sites for hydroxylation is 1. The Morgan fingerprint density at radius 1 is 1.44 bits per heavy atom. The zero-order valence-electron chi connectivity index (χ0n) is 9.48.